The number of aromatic nitrogens is 2. The number of carbonyl (C=O) groups is 10. The number of amides is 8. The highest BCUT2D eigenvalue weighted by Crippen LogP contribution is 2.47. The van der Waals surface area contributed by atoms with Crippen LogP contribution < -0.4 is 32.6 Å². The number of ether oxygens (including phenoxy) is 1. The Morgan fingerprint density at radius 2 is 1.63 bits per heavy atom. The molecule has 4 aliphatic rings. The summed E-state index contributed by atoms with van der Waals surface area (Å²) in [4.78, 5) is 150. The topological polar surface area (TPSA) is 336 Å². The molecular weight excluding hydrogens is 982 g/mol. The highest BCUT2D eigenvalue weighted by Gasteiger charge is 2.47. The fraction of sp³-hybridized carbons (Fsp3) is 0.373. The van der Waals surface area contributed by atoms with E-state index < -0.39 is 127 Å². The van der Waals surface area contributed by atoms with Crippen LogP contribution in [0.3, 0.4) is 0 Å². The first kappa shape index (κ1) is 52.6. The Morgan fingerprint density at radius 1 is 0.933 bits per heavy atom. The van der Waals surface area contributed by atoms with E-state index in [9.17, 15) is 58.2 Å². The number of aliphatic carboxylic acids is 1. The summed E-state index contributed by atoms with van der Waals surface area (Å²) in [6, 6.07) is 7.25. The average molecular weight is 1030 g/mol. The number of esters is 1. The second kappa shape index (κ2) is 21.4. The lowest BCUT2D eigenvalue weighted by Crippen LogP contribution is -2.54. The maximum atomic E-state index is 15.7. The predicted molar refractivity (Wildman–Crippen MR) is 259 cm³/mol. The number of fused-ring (bicyclic) bond motifs is 5. The van der Waals surface area contributed by atoms with Gasteiger partial charge in [0.1, 0.15) is 24.5 Å². The summed E-state index contributed by atoms with van der Waals surface area (Å²) in [5.41, 5.74) is 6.24. The van der Waals surface area contributed by atoms with Crippen molar-refractivity contribution < 1.29 is 67.3 Å². The van der Waals surface area contributed by atoms with Gasteiger partial charge in [-0.25, -0.2) is 14.2 Å². The van der Waals surface area contributed by atoms with Crippen LogP contribution in [0.4, 0.5) is 4.39 Å². The predicted octanol–water partition coefficient (Wildman–Crippen LogP) is -0.547. The van der Waals surface area contributed by atoms with Crippen molar-refractivity contribution >= 4 is 70.1 Å². The SMILES string of the molecule is CC[C@@]1(O)C(=O)OCc2c1cc1n(c2=O)Cc2c-1nc1cc(F)c(C)c3c1c2[C@@H](N(CC(N)=O)C(=O)[C@H](Cc1ccccc1)NC(=O)CNC(=O)CNC(=O)[C@H](CC(=O)O)NC(=O)CCCN1C(=O)C=CC1=O)CC3. The second-order valence-corrected chi connectivity index (χ2v) is 18.6. The lowest BCUT2D eigenvalue weighted by Gasteiger charge is -2.38. The highest BCUT2D eigenvalue weighted by molar-refractivity contribution is 6.13. The standard InChI is InChI=1S/C51H52FN9O14/c1-3-51(74)30-17-36-46-28(22-60(36)48(71)29(30)24-75-50(51)73)45-35(12-11-27-25(2)31(52)18-32(58-46)44(27)45)61(23-37(53)62)49(72)34(16-26-8-5-4-6-9-26)57-40(65)21-54-39(64)20-55-47(70)33(19-43(68)69)56-38(63)10-7-15-59-41(66)13-14-42(59)67/h4-6,8-9,13-14,17-18,33-35,74H,3,7,10-12,15-16,19-24H2,1-2H3,(H2,53,62)(H,54,64)(H,55,70)(H,56,63)(H,57,65)(H,68,69)/t33-,34-,35-,51-/m0/s1. The van der Waals surface area contributed by atoms with Crippen molar-refractivity contribution in [2.45, 2.75) is 95.7 Å². The fourth-order valence-electron chi connectivity index (χ4n) is 10.1. The number of primary amides is 1. The van der Waals surface area contributed by atoms with Crippen LogP contribution in [0.25, 0.3) is 22.3 Å². The Kier molecular flexibility index (Phi) is 15.0. The zero-order valence-electron chi connectivity index (χ0n) is 40.7. The zero-order chi connectivity index (χ0) is 54.0. The van der Waals surface area contributed by atoms with E-state index in [1.807, 2.05) is 0 Å². The molecule has 0 saturated carbocycles. The lowest BCUT2D eigenvalue weighted by atomic mass is 9.80. The molecule has 2 aromatic carbocycles. The van der Waals surface area contributed by atoms with E-state index in [0.29, 0.717) is 33.2 Å². The van der Waals surface area contributed by atoms with E-state index in [0.717, 1.165) is 17.1 Å². The molecule has 8 rings (SSSR count). The van der Waals surface area contributed by atoms with Crippen molar-refractivity contribution in [3.63, 3.8) is 0 Å². The molecule has 0 bridgehead atoms. The monoisotopic (exact) mass is 1030 g/mol. The molecule has 0 fully saturated rings. The molecule has 4 aromatic rings. The van der Waals surface area contributed by atoms with E-state index in [-0.39, 0.29) is 79.6 Å². The summed E-state index contributed by atoms with van der Waals surface area (Å²) in [5, 5.41) is 30.8. The third-order valence-corrected chi connectivity index (χ3v) is 13.8. The molecule has 2 aromatic heterocycles. The summed E-state index contributed by atoms with van der Waals surface area (Å²) in [5.74, 6) is -9.36. The number of aryl methyl sites for hydroxylation is 1. The maximum absolute atomic E-state index is 15.7. The Morgan fingerprint density at radius 3 is 2.31 bits per heavy atom. The third-order valence-electron chi connectivity index (χ3n) is 13.8. The highest BCUT2D eigenvalue weighted by atomic mass is 19.1. The number of halogens is 1. The average Bonchev–Trinajstić information content (AvgIpc) is 3.95. The fourth-order valence-corrected chi connectivity index (χ4v) is 10.1. The van der Waals surface area contributed by atoms with Gasteiger partial charge < -0.3 is 51.4 Å². The van der Waals surface area contributed by atoms with Gasteiger partial charge in [-0.15, -0.1) is 0 Å². The van der Waals surface area contributed by atoms with Gasteiger partial charge in [-0.2, -0.15) is 0 Å². The molecule has 0 unspecified atom stereocenters. The first-order valence-corrected chi connectivity index (χ1v) is 24.0. The van der Waals surface area contributed by atoms with Crippen molar-refractivity contribution in [3.8, 4) is 11.4 Å². The van der Waals surface area contributed by atoms with Crippen LogP contribution >= 0.6 is 0 Å². The number of hydrogen-bond acceptors (Lipinski definition) is 14. The molecule has 0 saturated heterocycles. The molecule has 23 nitrogen and oxygen atoms in total. The number of hydrogen-bond donors (Lipinski definition) is 7. The summed E-state index contributed by atoms with van der Waals surface area (Å²) in [6.07, 6.45) is 1.11. The van der Waals surface area contributed by atoms with Crippen molar-refractivity contribution in [2.75, 3.05) is 26.2 Å². The van der Waals surface area contributed by atoms with E-state index >= 15 is 9.18 Å². The van der Waals surface area contributed by atoms with Crippen LogP contribution in [0.1, 0.15) is 84.0 Å². The van der Waals surface area contributed by atoms with Gasteiger partial charge in [-0.3, -0.25) is 52.8 Å². The number of carbonyl (C=O) groups excluding carboxylic acids is 9. The van der Waals surface area contributed by atoms with Gasteiger partial charge in [0, 0.05) is 54.1 Å². The van der Waals surface area contributed by atoms with Gasteiger partial charge in [-0.05, 0) is 60.9 Å². The quantitative estimate of drug-likeness (QED) is 0.0380. The van der Waals surface area contributed by atoms with Gasteiger partial charge in [0.2, 0.25) is 35.4 Å². The minimum atomic E-state index is -2.15. The van der Waals surface area contributed by atoms with Gasteiger partial charge in [0.05, 0.1) is 61.1 Å². The van der Waals surface area contributed by atoms with E-state index in [1.54, 1.807) is 44.2 Å². The third kappa shape index (κ3) is 10.6. The maximum Gasteiger partial charge on any atom is 0.343 e. The van der Waals surface area contributed by atoms with Crippen LogP contribution in [0.15, 0.2) is 59.4 Å². The number of aliphatic hydroxyl groups is 1. The summed E-state index contributed by atoms with van der Waals surface area (Å²) in [7, 11) is 0. The van der Waals surface area contributed by atoms with E-state index in [1.165, 1.54) is 21.6 Å². The second-order valence-electron chi connectivity index (χ2n) is 18.6. The molecule has 392 valence electrons. The molecule has 3 aliphatic heterocycles. The van der Waals surface area contributed by atoms with E-state index in [4.69, 9.17) is 15.5 Å². The molecule has 4 atom stereocenters. The van der Waals surface area contributed by atoms with Gasteiger partial charge >= 0.3 is 11.9 Å². The zero-order valence-corrected chi connectivity index (χ0v) is 40.7. The smallest absolute Gasteiger partial charge is 0.343 e. The Hall–Kier alpha value is -8.67. The molecule has 0 radical (unpaired) electrons. The molecule has 8 N–H and O–H groups in total. The number of nitrogens with zero attached hydrogens (tertiary/aromatic N) is 4. The number of imide groups is 1. The van der Waals surface area contributed by atoms with Crippen LogP contribution in [0, 0.1) is 12.7 Å². The summed E-state index contributed by atoms with van der Waals surface area (Å²) in [6.45, 7) is 0.386. The number of benzene rings is 2. The number of carboxylic acids is 1. The Bertz CT molecular complexity index is 3200. The minimum Gasteiger partial charge on any atom is -0.481 e. The van der Waals surface area contributed by atoms with Crippen molar-refractivity contribution in [1.29, 1.82) is 0 Å². The van der Waals surface area contributed by atoms with Crippen LogP contribution in [-0.4, -0.2) is 127 Å². The van der Waals surface area contributed by atoms with Crippen molar-refractivity contribution in [1.82, 2.24) is 40.6 Å². The summed E-state index contributed by atoms with van der Waals surface area (Å²) < 4.78 is 22.4. The first-order valence-electron chi connectivity index (χ1n) is 24.0. The number of pyridine rings is 2. The molecule has 8 amide bonds. The largest absolute Gasteiger partial charge is 0.481 e. The number of rotatable bonds is 20. The first-order chi connectivity index (χ1) is 35.7. The van der Waals surface area contributed by atoms with Crippen LogP contribution in [-0.2, 0) is 84.3 Å². The molecule has 75 heavy (non-hydrogen) atoms. The molecule has 1 aliphatic carbocycles. The number of cyclic esters (lactones) is 1. The Labute approximate surface area is 425 Å². The number of nitrogens with two attached hydrogens (primary N) is 1. The Balaban J connectivity index is 1.02. The molecule has 24 heteroatoms. The molecule has 0 spiro atoms. The lowest BCUT2D eigenvalue weighted by molar-refractivity contribution is -0.172. The normalized spacial score (nSPS) is 17.8. The van der Waals surface area contributed by atoms with Gasteiger partial charge in [0.15, 0.2) is 5.60 Å². The number of nitrogens with one attached hydrogen (secondary N) is 4. The van der Waals surface area contributed by atoms with Crippen LogP contribution in [0.5, 0.6) is 0 Å². The van der Waals surface area contributed by atoms with E-state index in [2.05, 4.69) is 21.3 Å². The van der Waals surface area contributed by atoms with Crippen molar-refractivity contribution in [3.05, 3.63) is 110 Å². The number of carboxylic acid groups (broad SMARTS) is 1. The minimum absolute atomic E-state index is 0.0136. The van der Waals surface area contributed by atoms with Gasteiger partial charge in [-0.1, -0.05) is 37.3 Å². The molecule has 5 heterocycles. The molecular formula is C51H52FN9O14. The van der Waals surface area contributed by atoms with Crippen LogP contribution in [0.2, 0.25) is 0 Å². The van der Waals surface area contributed by atoms with Crippen molar-refractivity contribution in [2.24, 2.45) is 5.73 Å². The van der Waals surface area contributed by atoms with Gasteiger partial charge in [0.25, 0.3) is 17.4 Å². The summed E-state index contributed by atoms with van der Waals surface area (Å²) >= 11 is 0.